The number of aromatic nitrogens is 1. The molecule has 0 aliphatic heterocycles. The average Bonchev–Trinajstić information content (AvgIpc) is 3.00. The first-order valence-corrected chi connectivity index (χ1v) is 7.43. The molecule has 0 unspecified atom stereocenters. The van der Waals surface area contributed by atoms with Crippen molar-refractivity contribution in [3.8, 4) is 0 Å². The van der Waals surface area contributed by atoms with E-state index in [2.05, 4.69) is 39.9 Å². The van der Waals surface area contributed by atoms with Gasteiger partial charge in [0.25, 0.3) is 0 Å². The van der Waals surface area contributed by atoms with E-state index in [1.165, 1.54) is 17.7 Å². The van der Waals surface area contributed by atoms with Gasteiger partial charge in [0, 0.05) is 23.0 Å². The third-order valence-electron chi connectivity index (χ3n) is 3.38. The smallest absolute Gasteiger partial charge is 0.198 e. The summed E-state index contributed by atoms with van der Waals surface area (Å²) < 4.78 is 5.76. The van der Waals surface area contributed by atoms with Gasteiger partial charge in [-0.3, -0.25) is 0 Å². The summed E-state index contributed by atoms with van der Waals surface area (Å²) in [6, 6.07) is 10.3. The fourth-order valence-corrected chi connectivity index (χ4v) is 2.81. The molecular formula is C15H14N2OS. The lowest BCUT2D eigenvalue weighted by atomic mass is 10.3. The molecule has 1 aliphatic carbocycles. The van der Waals surface area contributed by atoms with Gasteiger partial charge in [-0.05, 0) is 42.5 Å². The minimum atomic E-state index is 0.565. The molecule has 0 atom stereocenters. The lowest BCUT2D eigenvalue weighted by molar-refractivity contribution is 0.533. The SMILES string of the molecule is c1csc(CNc2ccc3oc(C4CC4)nc3c2)c1. The van der Waals surface area contributed by atoms with Gasteiger partial charge in [-0.25, -0.2) is 4.98 Å². The van der Waals surface area contributed by atoms with Crippen LogP contribution in [0.4, 0.5) is 5.69 Å². The minimum Gasteiger partial charge on any atom is -0.440 e. The fraction of sp³-hybridized carbons (Fsp3) is 0.267. The second-order valence-electron chi connectivity index (χ2n) is 4.94. The van der Waals surface area contributed by atoms with Crippen LogP contribution in [-0.4, -0.2) is 4.98 Å². The summed E-state index contributed by atoms with van der Waals surface area (Å²) in [6.45, 7) is 0.858. The molecule has 1 N–H and O–H groups in total. The van der Waals surface area contributed by atoms with Crippen molar-refractivity contribution in [2.45, 2.75) is 25.3 Å². The first-order chi connectivity index (χ1) is 9.38. The number of nitrogens with one attached hydrogen (secondary N) is 1. The normalized spacial score (nSPS) is 14.9. The molecule has 2 heterocycles. The van der Waals surface area contributed by atoms with Crippen LogP contribution in [0.5, 0.6) is 0 Å². The van der Waals surface area contributed by atoms with Gasteiger partial charge in [-0.15, -0.1) is 11.3 Å². The number of rotatable bonds is 4. The maximum atomic E-state index is 5.76. The van der Waals surface area contributed by atoms with Gasteiger partial charge < -0.3 is 9.73 Å². The van der Waals surface area contributed by atoms with Crippen LogP contribution in [0.25, 0.3) is 11.1 Å². The number of nitrogens with zero attached hydrogens (tertiary/aromatic N) is 1. The molecule has 1 fully saturated rings. The molecule has 0 spiro atoms. The predicted octanol–water partition coefficient (Wildman–Crippen LogP) is 4.38. The second-order valence-corrected chi connectivity index (χ2v) is 5.97. The van der Waals surface area contributed by atoms with E-state index in [1.807, 2.05) is 6.07 Å². The molecule has 1 saturated carbocycles. The molecule has 1 aromatic carbocycles. The molecule has 0 radical (unpaired) electrons. The second kappa shape index (κ2) is 4.38. The van der Waals surface area contributed by atoms with Crippen LogP contribution in [0.3, 0.4) is 0 Å². The highest BCUT2D eigenvalue weighted by Gasteiger charge is 2.28. The van der Waals surface area contributed by atoms with Crippen molar-refractivity contribution in [2.75, 3.05) is 5.32 Å². The van der Waals surface area contributed by atoms with Crippen LogP contribution in [0, 0.1) is 0 Å². The molecule has 4 rings (SSSR count). The van der Waals surface area contributed by atoms with E-state index in [4.69, 9.17) is 4.42 Å². The molecular weight excluding hydrogens is 256 g/mol. The zero-order valence-corrected chi connectivity index (χ0v) is 11.2. The van der Waals surface area contributed by atoms with Gasteiger partial charge in [-0.2, -0.15) is 0 Å². The Kier molecular flexibility index (Phi) is 2.55. The van der Waals surface area contributed by atoms with Gasteiger partial charge >= 0.3 is 0 Å². The van der Waals surface area contributed by atoms with E-state index in [1.54, 1.807) is 11.3 Å². The van der Waals surface area contributed by atoms with Crippen molar-refractivity contribution in [3.63, 3.8) is 0 Å². The van der Waals surface area contributed by atoms with E-state index in [-0.39, 0.29) is 0 Å². The maximum absolute atomic E-state index is 5.76. The quantitative estimate of drug-likeness (QED) is 0.764. The number of benzene rings is 1. The topological polar surface area (TPSA) is 38.1 Å². The van der Waals surface area contributed by atoms with Crippen LogP contribution in [0.2, 0.25) is 0 Å². The largest absolute Gasteiger partial charge is 0.440 e. The Balaban J connectivity index is 1.56. The lowest BCUT2D eigenvalue weighted by Gasteiger charge is -2.03. The predicted molar refractivity (Wildman–Crippen MR) is 77.6 cm³/mol. The Bertz CT molecular complexity index is 698. The molecule has 3 aromatic rings. The Morgan fingerprint density at radius 3 is 3.05 bits per heavy atom. The van der Waals surface area contributed by atoms with E-state index < -0.39 is 0 Å². The Hall–Kier alpha value is -1.81. The van der Waals surface area contributed by atoms with E-state index >= 15 is 0 Å². The molecule has 19 heavy (non-hydrogen) atoms. The number of oxazole rings is 1. The number of hydrogen-bond acceptors (Lipinski definition) is 4. The van der Waals surface area contributed by atoms with Gasteiger partial charge in [0.05, 0.1) is 0 Å². The minimum absolute atomic E-state index is 0.565. The molecule has 96 valence electrons. The van der Waals surface area contributed by atoms with Crippen LogP contribution in [0.15, 0.2) is 40.1 Å². The van der Waals surface area contributed by atoms with Crippen LogP contribution >= 0.6 is 11.3 Å². The van der Waals surface area contributed by atoms with Crippen molar-refractivity contribution in [1.82, 2.24) is 4.98 Å². The number of anilines is 1. The molecule has 4 heteroatoms. The molecule has 0 bridgehead atoms. The molecule has 3 nitrogen and oxygen atoms in total. The molecule has 2 aromatic heterocycles. The van der Waals surface area contributed by atoms with Crippen molar-refractivity contribution in [2.24, 2.45) is 0 Å². The highest BCUT2D eigenvalue weighted by molar-refractivity contribution is 7.09. The number of hydrogen-bond donors (Lipinski definition) is 1. The van der Waals surface area contributed by atoms with Crippen LogP contribution < -0.4 is 5.32 Å². The third-order valence-corrected chi connectivity index (χ3v) is 4.25. The van der Waals surface area contributed by atoms with Crippen molar-refractivity contribution < 1.29 is 4.42 Å². The highest BCUT2D eigenvalue weighted by atomic mass is 32.1. The molecule has 0 amide bonds. The first kappa shape index (κ1) is 11.1. The zero-order chi connectivity index (χ0) is 12.7. The zero-order valence-electron chi connectivity index (χ0n) is 10.4. The van der Waals surface area contributed by atoms with E-state index in [0.717, 1.165) is 29.2 Å². The Labute approximate surface area is 115 Å². The summed E-state index contributed by atoms with van der Waals surface area (Å²) in [5, 5.41) is 5.52. The van der Waals surface area contributed by atoms with Gasteiger partial charge in [-0.1, -0.05) is 6.07 Å². The van der Waals surface area contributed by atoms with Crippen molar-refractivity contribution in [3.05, 3.63) is 46.5 Å². The van der Waals surface area contributed by atoms with Crippen molar-refractivity contribution in [1.29, 1.82) is 0 Å². The van der Waals surface area contributed by atoms with Gasteiger partial charge in [0.15, 0.2) is 11.5 Å². The fourth-order valence-electron chi connectivity index (χ4n) is 2.16. The summed E-state index contributed by atoms with van der Waals surface area (Å²) in [7, 11) is 0. The van der Waals surface area contributed by atoms with Gasteiger partial charge in [0.1, 0.15) is 5.52 Å². The Morgan fingerprint density at radius 1 is 1.32 bits per heavy atom. The van der Waals surface area contributed by atoms with E-state index in [0.29, 0.717) is 5.92 Å². The summed E-state index contributed by atoms with van der Waals surface area (Å²) in [6.07, 6.45) is 2.44. The summed E-state index contributed by atoms with van der Waals surface area (Å²) in [5.41, 5.74) is 2.94. The molecule has 1 aliphatic rings. The standard InChI is InChI=1S/C15H14N2OS/c1-2-12(19-7-1)9-16-11-5-6-14-13(8-11)17-15(18-14)10-3-4-10/h1-2,5-8,10,16H,3-4,9H2. The Morgan fingerprint density at radius 2 is 2.26 bits per heavy atom. The van der Waals surface area contributed by atoms with Gasteiger partial charge in [0.2, 0.25) is 0 Å². The van der Waals surface area contributed by atoms with Crippen molar-refractivity contribution >= 4 is 28.1 Å². The van der Waals surface area contributed by atoms with Crippen LogP contribution in [0.1, 0.15) is 29.5 Å². The third kappa shape index (κ3) is 2.24. The summed E-state index contributed by atoms with van der Waals surface area (Å²) in [4.78, 5) is 5.91. The summed E-state index contributed by atoms with van der Waals surface area (Å²) >= 11 is 1.77. The maximum Gasteiger partial charge on any atom is 0.198 e. The first-order valence-electron chi connectivity index (χ1n) is 6.55. The summed E-state index contributed by atoms with van der Waals surface area (Å²) in [5.74, 6) is 1.47. The lowest BCUT2D eigenvalue weighted by Crippen LogP contribution is -1.96. The average molecular weight is 270 g/mol. The highest BCUT2D eigenvalue weighted by Crippen LogP contribution is 2.40. The number of fused-ring (bicyclic) bond motifs is 1. The monoisotopic (exact) mass is 270 g/mol. The van der Waals surface area contributed by atoms with Crippen LogP contribution in [-0.2, 0) is 6.54 Å². The van der Waals surface area contributed by atoms with E-state index in [9.17, 15) is 0 Å². The molecule has 0 saturated heterocycles. The number of thiophene rings is 1.